The Hall–Kier alpha value is -2.33. The number of carbonyl (C=O) groups is 1. The number of carbonyl (C=O) groups excluding carboxylic acids is 1. The van der Waals surface area contributed by atoms with Crippen LogP contribution in [0.15, 0.2) is 72.6 Å². The Balaban J connectivity index is 0.000000229. The Bertz CT molecular complexity index is 1790. The Morgan fingerprint density at radius 1 is 0.925 bits per heavy atom. The molecule has 0 bridgehead atoms. The summed E-state index contributed by atoms with van der Waals surface area (Å²) in [5.74, 6) is 0.104. The molecule has 0 saturated heterocycles. The van der Waals surface area contributed by atoms with Gasteiger partial charge in [-0.1, -0.05) is 41.5 Å². The van der Waals surface area contributed by atoms with Crippen molar-refractivity contribution < 1.29 is 30.0 Å². The largest absolute Gasteiger partial charge is 0 e. The number of benzene rings is 3. The van der Waals surface area contributed by atoms with Gasteiger partial charge in [-0.3, -0.25) is 4.79 Å². The third-order valence-corrected chi connectivity index (χ3v) is 13.4. The van der Waals surface area contributed by atoms with Crippen molar-refractivity contribution in [3.8, 4) is 11.3 Å². The number of fused-ring (bicyclic) bond motifs is 4. The van der Waals surface area contributed by atoms with Gasteiger partial charge in [-0.15, -0.1) is 0 Å². The fourth-order valence-electron chi connectivity index (χ4n) is 5.19. The van der Waals surface area contributed by atoms with Gasteiger partial charge < -0.3 is 5.11 Å². The maximum Gasteiger partial charge on any atom is 0 e. The molecule has 2 aromatic heterocycles. The molecule has 0 atom stereocenters. The van der Waals surface area contributed by atoms with Crippen LogP contribution in [-0.2, 0) is 24.9 Å². The van der Waals surface area contributed by atoms with Gasteiger partial charge in [-0.05, 0) is 0 Å². The number of aliphatic hydroxyl groups excluding tert-OH is 1. The smallest absolute Gasteiger partial charge is 0 e. The van der Waals surface area contributed by atoms with Crippen LogP contribution in [0.25, 0.3) is 41.3 Å². The Morgan fingerprint density at radius 3 is 2.27 bits per heavy atom. The van der Waals surface area contributed by atoms with Crippen molar-refractivity contribution in [1.29, 1.82) is 0 Å². The van der Waals surface area contributed by atoms with Crippen LogP contribution in [0.3, 0.4) is 0 Å². The molecule has 1 aliphatic rings. The maximum absolute atomic E-state index is 11.5. The molecule has 5 aromatic rings. The average molecular weight is 790 g/mol. The fraction of sp³-hybridized carbons (Fsp3) is 0.294. The second-order valence-electron chi connectivity index (χ2n) is 13.0. The van der Waals surface area contributed by atoms with E-state index < -0.39 is 13.5 Å². The molecule has 0 aliphatic carbocycles. The number of pyridine rings is 1. The zero-order chi connectivity index (χ0) is 28.3. The van der Waals surface area contributed by atoms with E-state index in [1.165, 1.54) is 46.9 Å². The molecular weight excluding hydrogens is 754 g/mol. The average Bonchev–Trinajstić information content (AvgIpc) is 3.22. The summed E-state index contributed by atoms with van der Waals surface area (Å²) in [6.45, 7) is 16.1. The minimum absolute atomic E-state index is 0. The predicted molar refractivity (Wildman–Crippen MR) is 169 cm³/mol. The van der Waals surface area contributed by atoms with Crippen LogP contribution in [0, 0.1) is 16.9 Å². The minimum Gasteiger partial charge on any atom is 0 e. The second-order valence-corrected chi connectivity index (χ2v) is 19.5. The van der Waals surface area contributed by atoms with Crippen molar-refractivity contribution in [2.75, 3.05) is 0 Å². The molecule has 0 amide bonds. The predicted octanol–water partition coefficient (Wildman–Crippen LogP) is 7.29. The molecule has 40 heavy (non-hydrogen) atoms. The van der Waals surface area contributed by atoms with E-state index in [1.807, 2.05) is 47.7 Å². The molecule has 1 radical (unpaired) electrons. The van der Waals surface area contributed by atoms with Gasteiger partial charge in [-0.25, -0.2) is 0 Å². The molecule has 0 spiro atoms. The van der Waals surface area contributed by atoms with Crippen molar-refractivity contribution in [3.63, 3.8) is 0 Å². The number of aliphatic hydroxyl groups is 1. The van der Waals surface area contributed by atoms with Crippen molar-refractivity contribution in [2.45, 2.75) is 54.6 Å². The van der Waals surface area contributed by atoms with E-state index in [0.717, 1.165) is 5.69 Å². The molecule has 209 valence electrons. The number of allylic oxidation sites excluding steroid dienone is 2. The van der Waals surface area contributed by atoms with Crippen LogP contribution in [0.5, 0.6) is 0 Å². The first-order valence-corrected chi connectivity index (χ1v) is 18.1. The third kappa shape index (κ3) is 5.33. The van der Waals surface area contributed by atoms with E-state index >= 15 is 0 Å². The molecule has 3 aromatic carbocycles. The summed E-state index contributed by atoms with van der Waals surface area (Å²) in [5, 5.41) is 18.1. The monoisotopic (exact) mass is 791 g/mol. The van der Waals surface area contributed by atoms with E-state index in [-0.39, 0.29) is 37.1 Å². The van der Waals surface area contributed by atoms with E-state index in [2.05, 4.69) is 73.8 Å². The molecular formula is C34H36IrNO2SeSi-. The van der Waals surface area contributed by atoms with Crippen molar-refractivity contribution in [2.24, 2.45) is 10.8 Å². The molecule has 1 aliphatic heterocycles. The summed E-state index contributed by atoms with van der Waals surface area (Å²) in [6, 6.07) is 23.6. The van der Waals surface area contributed by atoms with Gasteiger partial charge in [-0.2, -0.15) is 0 Å². The van der Waals surface area contributed by atoms with Crippen molar-refractivity contribution in [3.05, 3.63) is 78.7 Å². The second kappa shape index (κ2) is 10.8. The third-order valence-electron chi connectivity index (χ3n) is 7.57. The van der Waals surface area contributed by atoms with Crippen molar-refractivity contribution in [1.82, 2.24) is 4.98 Å². The SMILES string of the molecule is CC(C)(C)C(=O)/C=C(\O)C(C)(C)C.C[Si]1(C)c2c(ncc3ccccc23)-c2[c-]ccc3[se]c4cccc1c4c23.[Ir]. The van der Waals surface area contributed by atoms with Crippen molar-refractivity contribution >= 4 is 68.8 Å². The quantitative estimate of drug-likeness (QED) is 0.0841. The number of hydrogen-bond acceptors (Lipinski definition) is 3. The molecule has 3 heterocycles. The van der Waals surface area contributed by atoms with Gasteiger partial charge in [0.1, 0.15) is 5.76 Å². The van der Waals surface area contributed by atoms with Crippen LogP contribution in [0.2, 0.25) is 13.1 Å². The topological polar surface area (TPSA) is 50.2 Å². The number of aromatic nitrogens is 1. The summed E-state index contributed by atoms with van der Waals surface area (Å²) >= 11 is 0.392. The zero-order valence-corrected chi connectivity index (χ0v) is 29.5. The first-order chi connectivity index (χ1) is 18.2. The normalized spacial score (nSPS) is 14.3. The Labute approximate surface area is 257 Å². The number of hydrogen-bond donors (Lipinski definition) is 1. The molecule has 6 heteroatoms. The van der Waals surface area contributed by atoms with Gasteiger partial charge in [0, 0.05) is 37.0 Å². The van der Waals surface area contributed by atoms with E-state index in [4.69, 9.17) is 4.98 Å². The summed E-state index contributed by atoms with van der Waals surface area (Å²) < 4.78 is 3.02. The molecule has 0 fully saturated rings. The van der Waals surface area contributed by atoms with E-state index in [9.17, 15) is 9.90 Å². The summed E-state index contributed by atoms with van der Waals surface area (Å²) in [4.78, 5) is 16.5. The molecule has 6 rings (SSSR count). The molecule has 3 nitrogen and oxygen atoms in total. The van der Waals surface area contributed by atoms with Gasteiger partial charge in [0.05, 0.1) is 0 Å². The van der Waals surface area contributed by atoms with Crippen LogP contribution in [-0.4, -0.2) is 38.5 Å². The zero-order valence-electron chi connectivity index (χ0n) is 24.4. The first-order valence-electron chi connectivity index (χ1n) is 13.4. The molecule has 0 unspecified atom stereocenters. The van der Waals surface area contributed by atoms with E-state index in [0.29, 0.717) is 14.5 Å². The number of rotatable bonds is 1. The summed E-state index contributed by atoms with van der Waals surface area (Å²) in [6.07, 6.45) is 3.38. The van der Waals surface area contributed by atoms with Gasteiger partial charge in [0.15, 0.2) is 5.78 Å². The number of ketones is 1. The van der Waals surface area contributed by atoms with E-state index in [1.54, 1.807) is 5.19 Å². The fourth-order valence-corrected chi connectivity index (χ4v) is 11.1. The van der Waals surface area contributed by atoms with Gasteiger partial charge >= 0.3 is 159 Å². The Kier molecular flexibility index (Phi) is 8.28. The van der Waals surface area contributed by atoms with Gasteiger partial charge in [0.25, 0.3) is 0 Å². The summed E-state index contributed by atoms with van der Waals surface area (Å²) in [7, 11) is -1.91. The van der Waals surface area contributed by atoms with Gasteiger partial charge in [0.2, 0.25) is 0 Å². The van der Waals surface area contributed by atoms with Crippen LogP contribution in [0.1, 0.15) is 41.5 Å². The molecule has 1 N–H and O–H groups in total. The number of nitrogens with zero attached hydrogens (tertiary/aromatic N) is 1. The van der Waals surface area contributed by atoms with Crippen LogP contribution in [0.4, 0.5) is 0 Å². The van der Waals surface area contributed by atoms with Crippen LogP contribution >= 0.6 is 0 Å². The maximum atomic E-state index is 11.5. The standard InChI is InChI=1S/C23H16NSeSi.C11H20O2.Ir/c1-26(2)19-12-6-11-18-21(19)20-16(9-5-10-17(20)25-18)22-23(26)15-8-4-3-7-14(15)13-24-22;1-10(2,3)8(12)7-9(13)11(4,5)6;/h3-8,10-13H,1-2H3;7,12H,1-6H3;/q-1;;/b;8-7-;. The first kappa shape index (κ1) is 30.6. The van der Waals surface area contributed by atoms with Crippen LogP contribution < -0.4 is 10.4 Å². The Morgan fingerprint density at radius 2 is 1.60 bits per heavy atom. The summed E-state index contributed by atoms with van der Waals surface area (Å²) in [5.41, 5.74) is 1.62. The minimum atomic E-state index is -1.91. The molecule has 0 saturated carbocycles.